The zero-order valence-corrected chi connectivity index (χ0v) is 15.8. The number of methoxy groups -OCH3 is 1. The van der Waals surface area contributed by atoms with E-state index in [1.54, 1.807) is 31.4 Å². The molecule has 26 heavy (non-hydrogen) atoms. The summed E-state index contributed by atoms with van der Waals surface area (Å²) < 4.78 is 5.88. The van der Waals surface area contributed by atoms with Gasteiger partial charge in [-0.2, -0.15) is 0 Å². The lowest BCUT2D eigenvalue weighted by atomic mass is 10.1. The van der Waals surface area contributed by atoms with E-state index in [0.717, 1.165) is 21.5 Å². The number of nitrogens with one attached hydrogen (secondary N) is 2. The van der Waals surface area contributed by atoms with Gasteiger partial charge in [0.1, 0.15) is 5.75 Å². The molecule has 0 unspecified atom stereocenters. The van der Waals surface area contributed by atoms with Crippen molar-refractivity contribution in [3.05, 3.63) is 46.4 Å². The molecule has 1 amide bonds. The number of anilines is 1. The Morgan fingerprint density at radius 1 is 1.27 bits per heavy atom. The lowest BCUT2D eigenvalue weighted by Gasteiger charge is -2.04. The van der Waals surface area contributed by atoms with E-state index in [2.05, 4.69) is 36.5 Å². The molecule has 0 aliphatic heterocycles. The first-order chi connectivity index (χ1) is 12.5. The third-order valence-corrected chi connectivity index (χ3v) is 4.87. The third-order valence-electron chi connectivity index (χ3n) is 3.84. The molecule has 3 aromatic rings. The zero-order valence-electron chi connectivity index (χ0n) is 14.2. The fourth-order valence-corrected chi connectivity index (χ4v) is 2.98. The highest BCUT2D eigenvalue weighted by atomic mass is 79.9. The fraction of sp³-hybridized carbons (Fsp3) is 0.167. The number of ether oxygens (including phenoxy) is 1. The fourth-order valence-electron chi connectivity index (χ4n) is 2.45. The van der Waals surface area contributed by atoms with Gasteiger partial charge in [0.15, 0.2) is 5.69 Å². The van der Waals surface area contributed by atoms with E-state index in [9.17, 15) is 9.90 Å². The Hall–Kier alpha value is -2.87. The SMILES string of the molecule is COc1ccc(NCC(=O)N=Nc2c(O)[nH]c3ccc(C)c(Br)c23)cc1. The summed E-state index contributed by atoms with van der Waals surface area (Å²) in [4.78, 5) is 14.8. The molecule has 0 aliphatic rings. The monoisotopic (exact) mass is 416 g/mol. The number of benzene rings is 2. The average Bonchev–Trinajstić information content (AvgIpc) is 2.97. The van der Waals surface area contributed by atoms with Gasteiger partial charge in [-0.25, -0.2) is 0 Å². The molecule has 0 aliphatic carbocycles. The predicted octanol–water partition coefficient (Wildman–Crippen LogP) is 4.68. The number of aryl methyl sites for hydroxylation is 1. The van der Waals surface area contributed by atoms with E-state index in [-0.39, 0.29) is 18.1 Å². The molecular weight excluding hydrogens is 400 g/mol. The van der Waals surface area contributed by atoms with Gasteiger partial charge < -0.3 is 20.1 Å². The number of H-pyrrole nitrogens is 1. The number of azo groups is 1. The summed E-state index contributed by atoms with van der Waals surface area (Å²) >= 11 is 3.48. The van der Waals surface area contributed by atoms with Gasteiger partial charge in [-0.3, -0.25) is 4.79 Å². The molecule has 0 saturated heterocycles. The number of carbonyl (C=O) groups excluding carboxylic acids is 1. The van der Waals surface area contributed by atoms with Crippen molar-refractivity contribution >= 4 is 44.1 Å². The maximum Gasteiger partial charge on any atom is 0.283 e. The first-order valence-corrected chi connectivity index (χ1v) is 8.61. The van der Waals surface area contributed by atoms with Crippen molar-refractivity contribution in [1.82, 2.24) is 4.98 Å². The topological polar surface area (TPSA) is 99.1 Å². The summed E-state index contributed by atoms with van der Waals surface area (Å²) in [5, 5.41) is 21.3. The quantitative estimate of drug-likeness (QED) is 0.525. The van der Waals surface area contributed by atoms with Gasteiger partial charge >= 0.3 is 0 Å². The Balaban J connectivity index is 1.73. The van der Waals surface area contributed by atoms with Crippen LogP contribution in [0.1, 0.15) is 5.56 Å². The van der Waals surface area contributed by atoms with Crippen molar-refractivity contribution in [3.8, 4) is 11.6 Å². The number of aromatic nitrogens is 1. The first kappa shape index (κ1) is 17.9. The summed E-state index contributed by atoms with van der Waals surface area (Å²) in [6.07, 6.45) is 0. The maximum absolute atomic E-state index is 12.0. The molecule has 0 saturated carbocycles. The Bertz CT molecular complexity index is 980. The van der Waals surface area contributed by atoms with E-state index in [1.165, 1.54) is 0 Å². The summed E-state index contributed by atoms with van der Waals surface area (Å²) in [5.74, 6) is 0.140. The average molecular weight is 417 g/mol. The number of aromatic amines is 1. The second-order valence-corrected chi connectivity index (χ2v) is 6.41. The van der Waals surface area contributed by atoms with Gasteiger partial charge in [-0.15, -0.1) is 10.2 Å². The second kappa shape index (κ2) is 7.57. The van der Waals surface area contributed by atoms with Crippen LogP contribution >= 0.6 is 15.9 Å². The molecule has 134 valence electrons. The minimum absolute atomic E-state index is 0.0147. The van der Waals surface area contributed by atoms with Gasteiger partial charge in [0.25, 0.3) is 5.91 Å². The summed E-state index contributed by atoms with van der Waals surface area (Å²) in [7, 11) is 1.59. The molecule has 3 rings (SSSR count). The van der Waals surface area contributed by atoms with Crippen molar-refractivity contribution < 1.29 is 14.6 Å². The van der Waals surface area contributed by atoms with Crippen LogP contribution < -0.4 is 10.1 Å². The smallest absolute Gasteiger partial charge is 0.283 e. The molecule has 8 heteroatoms. The van der Waals surface area contributed by atoms with Gasteiger partial charge in [0.05, 0.1) is 19.2 Å². The minimum atomic E-state index is -0.460. The van der Waals surface area contributed by atoms with Crippen LogP contribution in [0.2, 0.25) is 0 Å². The highest BCUT2D eigenvalue weighted by Crippen LogP contribution is 2.41. The maximum atomic E-state index is 12.0. The van der Waals surface area contributed by atoms with Crippen LogP contribution in [0.15, 0.2) is 51.1 Å². The number of hydrogen-bond donors (Lipinski definition) is 3. The van der Waals surface area contributed by atoms with Crippen LogP contribution in [-0.2, 0) is 4.79 Å². The molecule has 3 N–H and O–H groups in total. The highest BCUT2D eigenvalue weighted by Gasteiger charge is 2.15. The van der Waals surface area contributed by atoms with Crippen molar-refractivity contribution in [2.45, 2.75) is 6.92 Å². The molecule has 0 fully saturated rings. The lowest BCUT2D eigenvalue weighted by molar-refractivity contribution is -0.116. The van der Waals surface area contributed by atoms with E-state index >= 15 is 0 Å². The molecule has 0 atom stereocenters. The van der Waals surface area contributed by atoms with Gasteiger partial charge in [-0.05, 0) is 58.7 Å². The van der Waals surface area contributed by atoms with Crippen LogP contribution in [0, 0.1) is 6.92 Å². The van der Waals surface area contributed by atoms with E-state index in [4.69, 9.17) is 4.74 Å². The van der Waals surface area contributed by atoms with Crippen molar-refractivity contribution in [2.24, 2.45) is 10.2 Å². The van der Waals surface area contributed by atoms with Gasteiger partial charge in [0.2, 0.25) is 5.88 Å². The molecule has 0 radical (unpaired) electrons. The third kappa shape index (κ3) is 3.70. The molecule has 7 nitrogen and oxygen atoms in total. The number of halogens is 1. The standard InChI is InChI=1S/C18H17BrN4O3/c1-10-3-8-13-15(16(10)19)17(18(25)21-13)23-22-14(24)9-20-11-4-6-12(26-2)7-5-11/h3-8,20-21,25H,9H2,1-2H3. The van der Waals surface area contributed by atoms with Crippen molar-refractivity contribution in [3.63, 3.8) is 0 Å². The lowest BCUT2D eigenvalue weighted by Crippen LogP contribution is -2.10. The summed E-state index contributed by atoms with van der Waals surface area (Å²) in [6.45, 7) is 1.91. The normalized spacial score (nSPS) is 11.2. The Kier molecular flexibility index (Phi) is 5.22. The predicted molar refractivity (Wildman–Crippen MR) is 103 cm³/mol. The van der Waals surface area contributed by atoms with Crippen LogP contribution in [0.3, 0.4) is 0 Å². The Morgan fingerprint density at radius 3 is 2.69 bits per heavy atom. The van der Waals surface area contributed by atoms with Gasteiger partial charge in [0, 0.05) is 15.5 Å². The molecule has 2 aromatic carbocycles. The number of amides is 1. The second-order valence-electron chi connectivity index (χ2n) is 5.62. The van der Waals surface area contributed by atoms with Crippen LogP contribution in [0.25, 0.3) is 10.9 Å². The van der Waals surface area contributed by atoms with E-state index in [0.29, 0.717) is 10.9 Å². The zero-order chi connectivity index (χ0) is 18.7. The Labute approximate surface area is 158 Å². The van der Waals surface area contributed by atoms with E-state index in [1.807, 2.05) is 19.1 Å². The van der Waals surface area contributed by atoms with Crippen LogP contribution in [0.5, 0.6) is 11.6 Å². The molecule has 0 bridgehead atoms. The Morgan fingerprint density at radius 2 is 2.00 bits per heavy atom. The van der Waals surface area contributed by atoms with Crippen LogP contribution in [-0.4, -0.2) is 29.7 Å². The number of carbonyl (C=O) groups is 1. The molecular formula is C18H17BrN4O3. The first-order valence-electron chi connectivity index (χ1n) is 7.82. The highest BCUT2D eigenvalue weighted by molar-refractivity contribution is 9.10. The molecule has 1 aromatic heterocycles. The van der Waals surface area contributed by atoms with Crippen LogP contribution in [0.4, 0.5) is 11.4 Å². The minimum Gasteiger partial charge on any atom is -0.497 e. The number of hydrogen-bond acceptors (Lipinski definition) is 5. The number of aromatic hydroxyl groups is 1. The van der Waals surface area contributed by atoms with Gasteiger partial charge in [-0.1, -0.05) is 6.07 Å². The molecule has 0 spiro atoms. The largest absolute Gasteiger partial charge is 0.497 e. The number of rotatable bonds is 5. The number of nitrogens with zero attached hydrogens (tertiary/aromatic N) is 2. The van der Waals surface area contributed by atoms with Crippen molar-refractivity contribution in [1.29, 1.82) is 0 Å². The molecule has 1 heterocycles. The summed E-state index contributed by atoms with van der Waals surface area (Å²) in [5.41, 5.74) is 2.69. The summed E-state index contributed by atoms with van der Waals surface area (Å²) in [6, 6.07) is 10.9. The number of fused-ring (bicyclic) bond motifs is 1. The van der Waals surface area contributed by atoms with E-state index < -0.39 is 5.91 Å². The van der Waals surface area contributed by atoms with Crippen molar-refractivity contribution in [2.75, 3.05) is 19.0 Å².